The second-order valence-corrected chi connectivity index (χ2v) is 7.42. The van der Waals surface area contributed by atoms with Crippen LogP contribution in [0, 0.1) is 17.8 Å². The van der Waals surface area contributed by atoms with Gasteiger partial charge in [-0.3, -0.25) is 4.68 Å². The molecule has 1 aliphatic heterocycles. The number of rotatable bonds is 3. The van der Waals surface area contributed by atoms with Crippen LogP contribution in [0.25, 0.3) is 16.8 Å². The first-order chi connectivity index (χ1) is 12.2. The molecule has 8 heteroatoms. The minimum Gasteiger partial charge on any atom is -0.354 e. The van der Waals surface area contributed by atoms with Gasteiger partial charge in [0.2, 0.25) is 0 Å². The monoisotopic (exact) mass is 373 g/mol. The molecule has 5 rings (SSSR count). The molecule has 2 fully saturated rings. The van der Waals surface area contributed by atoms with E-state index in [0.717, 1.165) is 42.2 Å². The second-order valence-electron chi connectivity index (χ2n) is 7.42. The number of aryl methyl sites for hydroxylation is 1. The summed E-state index contributed by atoms with van der Waals surface area (Å²) in [6.07, 6.45) is 10.3. The predicted octanol–water partition coefficient (Wildman–Crippen LogP) is 1.97. The molecule has 26 heavy (non-hydrogen) atoms. The Morgan fingerprint density at radius 3 is 2.58 bits per heavy atom. The highest BCUT2D eigenvalue weighted by Gasteiger charge is 2.41. The topological polar surface area (TPSA) is 77.3 Å². The van der Waals surface area contributed by atoms with Gasteiger partial charge in [0.05, 0.1) is 24.3 Å². The molecule has 1 saturated heterocycles. The summed E-state index contributed by atoms with van der Waals surface area (Å²) in [4.78, 5) is 7.46. The minimum atomic E-state index is 0. The molecular weight excluding hydrogens is 350 g/mol. The summed E-state index contributed by atoms with van der Waals surface area (Å²) >= 11 is 0. The van der Waals surface area contributed by atoms with E-state index in [1.54, 1.807) is 4.68 Å². The standard InChI is InChI=1S/C18H23N7.ClH/c1-23-8-14(7-21-23)16-11-25-17(4-5-20-25)18(22-16)24-9-12-2-3-13(10-24)15(12)6-19;/h4-5,7-8,11-13,15H,2-3,6,9-10,19H2,1H3;1H/t12-,13+,15?;. The van der Waals surface area contributed by atoms with Crippen molar-refractivity contribution in [3.63, 3.8) is 0 Å². The lowest BCUT2D eigenvalue weighted by Gasteiger charge is -2.38. The number of halogens is 1. The molecule has 0 aromatic carbocycles. The third kappa shape index (κ3) is 2.66. The maximum absolute atomic E-state index is 6.03. The smallest absolute Gasteiger partial charge is 0.155 e. The third-order valence-electron chi connectivity index (χ3n) is 5.97. The number of anilines is 1. The van der Waals surface area contributed by atoms with Gasteiger partial charge in [-0.1, -0.05) is 0 Å². The molecule has 2 aliphatic rings. The van der Waals surface area contributed by atoms with Gasteiger partial charge in [0.1, 0.15) is 5.52 Å². The Morgan fingerprint density at radius 2 is 1.92 bits per heavy atom. The largest absolute Gasteiger partial charge is 0.354 e. The molecule has 1 unspecified atom stereocenters. The van der Waals surface area contributed by atoms with E-state index in [4.69, 9.17) is 10.7 Å². The fourth-order valence-corrected chi connectivity index (χ4v) is 4.73. The van der Waals surface area contributed by atoms with Crippen LogP contribution in [-0.4, -0.2) is 44.0 Å². The van der Waals surface area contributed by atoms with Gasteiger partial charge in [-0.2, -0.15) is 10.2 Å². The van der Waals surface area contributed by atoms with Crippen molar-refractivity contribution in [1.82, 2.24) is 24.4 Å². The molecule has 3 atom stereocenters. The Bertz CT molecular complexity index is 903. The summed E-state index contributed by atoms with van der Waals surface area (Å²) in [5, 5.41) is 8.73. The maximum Gasteiger partial charge on any atom is 0.155 e. The van der Waals surface area contributed by atoms with Gasteiger partial charge < -0.3 is 10.6 Å². The minimum absolute atomic E-state index is 0. The molecule has 3 aromatic rings. The van der Waals surface area contributed by atoms with Crippen LogP contribution in [0.3, 0.4) is 0 Å². The van der Waals surface area contributed by atoms with Crippen molar-refractivity contribution < 1.29 is 0 Å². The molecule has 0 amide bonds. The zero-order valence-electron chi connectivity index (χ0n) is 14.8. The zero-order valence-corrected chi connectivity index (χ0v) is 15.6. The molecule has 0 spiro atoms. The molecule has 4 heterocycles. The van der Waals surface area contributed by atoms with Gasteiger partial charge in [-0.05, 0) is 43.2 Å². The Hall–Kier alpha value is -2.12. The molecule has 1 saturated carbocycles. The molecule has 138 valence electrons. The quantitative estimate of drug-likeness (QED) is 0.759. The van der Waals surface area contributed by atoms with Gasteiger partial charge >= 0.3 is 0 Å². The average Bonchev–Trinajstić information content (AvgIpc) is 3.31. The van der Waals surface area contributed by atoms with Crippen LogP contribution in [0.5, 0.6) is 0 Å². The Labute approximate surface area is 158 Å². The van der Waals surface area contributed by atoms with Gasteiger partial charge in [-0.15, -0.1) is 12.4 Å². The van der Waals surface area contributed by atoms with E-state index in [1.165, 1.54) is 12.8 Å². The van der Waals surface area contributed by atoms with Crippen LogP contribution in [0.4, 0.5) is 5.82 Å². The maximum atomic E-state index is 6.03. The highest BCUT2D eigenvalue weighted by Crippen LogP contribution is 2.43. The summed E-state index contributed by atoms with van der Waals surface area (Å²) in [5.41, 5.74) is 9.02. The van der Waals surface area contributed by atoms with Crippen molar-refractivity contribution in [1.29, 1.82) is 0 Å². The molecule has 0 radical (unpaired) electrons. The van der Waals surface area contributed by atoms with Gasteiger partial charge in [0.25, 0.3) is 0 Å². The number of hydrogen-bond donors (Lipinski definition) is 1. The Balaban J connectivity index is 0.00000168. The number of fused-ring (bicyclic) bond motifs is 3. The fraction of sp³-hybridized carbons (Fsp3) is 0.500. The zero-order chi connectivity index (χ0) is 17.0. The first kappa shape index (κ1) is 17.3. The van der Waals surface area contributed by atoms with E-state index in [-0.39, 0.29) is 12.4 Å². The van der Waals surface area contributed by atoms with Crippen molar-refractivity contribution in [2.45, 2.75) is 12.8 Å². The number of aromatic nitrogens is 5. The van der Waals surface area contributed by atoms with E-state index in [1.807, 2.05) is 42.4 Å². The van der Waals surface area contributed by atoms with Crippen molar-refractivity contribution >= 4 is 23.7 Å². The lowest BCUT2D eigenvalue weighted by Crippen LogP contribution is -2.45. The van der Waals surface area contributed by atoms with Gasteiger partial charge in [-0.25, -0.2) is 9.50 Å². The van der Waals surface area contributed by atoms with Gasteiger partial charge in [0.15, 0.2) is 5.82 Å². The van der Waals surface area contributed by atoms with Crippen molar-refractivity contribution in [3.05, 3.63) is 30.9 Å². The molecule has 1 aliphatic carbocycles. The van der Waals surface area contributed by atoms with E-state index < -0.39 is 0 Å². The fourth-order valence-electron chi connectivity index (χ4n) is 4.73. The molecule has 7 nitrogen and oxygen atoms in total. The summed E-state index contributed by atoms with van der Waals surface area (Å²) in [5.74, 6) is 3.09. The molecular formula is C18H24ClN7. The van der Waals surface area contributed by atoms with Crippen LogP contribution >= 0.6 is 12.4 Å². The first-order valence-corrected chi connectivity index (χ1v) is 9.01. The lowest BCUT2D eigenvalue weighted by molar-refractivity contribution is 0.278. The van der Waals surface area contributed by atoms with Crippen LogP contribution in [0.15, 0.2) is 30.9 Å². The highest BCUT2D eigenvalue weighted by atomic mass is 35.5. The van der Waals surface area contributed by atoms with E-state index >= 15 is 0 Å². The second kappa shape index (κ2) is 6.55. The lowest BCUT2D eigenvalue weighted by atomic mass is 9.85. The first-order valence-electron chi connectivity index (χ1n) is 9.01. The van der Waals surface area contributed by atoms with Crippen LogP contribution in [0.2, 0.25) is 0 Å². The number of nitrogens with two attached hydrogens (primary N) is 1. The van der Waals surface area contributed by atoms with E-state index in [9.17, 15) is 0 Å². The average molecular weight is 374 g/mol. The van der Waals surface area contributed by atoms with Crippen molar-refractivity contribution in [3.8, 4) is 11.3 Å². The Morgan fingerprint density at radius 1 is 1.15 bits per heavy atom. The van der Waals surface area contributed by atoms with E-state index in [2.05, 4.69) is 15.1 Å². The SMILES string of the molecule is Cl.Cn1cc(-c2cn3nccc3c(N3C[C@H]4CC[C@@H](C3)C4CN)n2)cn1. The highest BCUT2D eigenvalue weighted by molar-refractivity contribution is 5.85. The summed E-state index contributed by atoms with van der Waals surface area (Å²) in [7, 11) is 1.92. The van der Waals surface area contributed by atoms with Crippen molar-refractivity contribution in [2.75, 3.05) is 24.5 Å². The van der Waals surface area contributed by atoms with Crippen LogP contribution < -0.4 is 10.6 Å². The summed E-state index contributed by atoms with van der Waals surface area (Å²) in [6.45, 7) is 2.90. The van der Waals surface area contributed by atoms with Crippen LogP contribution in [0.1, 0.15) is 12.8 Å². The summed E-state index contributed by atoms with van der Waals surface area (Å²) in [6, 6.07) is 2.05. The van der Waals surface area contributed by atoms with Gasteiger partial charge in [0, 0.05) is 31.9 Å². The summed E-state index contributed by atoms with van der Waals surface area (Å²) < 4.78 is 3.73. The third-order valence-corrected chi connectivity index (χ3v) is 5.97. The predicted molar refractivity (Wildman–Crippen MR) is 103 cm³/mol. The number of nitrogens with zero attached hydrogens (tertiary/aromatic N) is 6. The van der Waals surface area contributed by atoms with E-state index in [0.29, 0.717) is 17.8 Å². The molecule has 3 aromatic heterocycles. The molecule has 2 bridgehead atoms. The number of hydrogen-bond acceptors (Lipinski definition) is 5. The number of piperidine rings is 1. The van der Waals surface area contributed by atoms with Crippen molar-refractivity contribution in [2.24, 2.45) is 30.5 Å². The van der Waals surface area contributed by atoms with Crippen LogP contribution in [-0.2, 0) is 7.05 Å². The molecule has 2 N–H and O–H groups in total. The normalized spacial score (nSPS) is 24.8. The Kier molecular flexibility index (Phi) is 4.36.